The van der Waals surface area contributed by atoms with Crippen molar-refractivity contribution in [3.63, 3.8) is 0 Å². The van der Waals surface area contributed by atoms with Gasteiger partial charge in [-0.15, -0.1) is 0 Å². The highest BCUT2D eigenvalue weighted by Gasteiger charge is 2.15. The van der Waals surface area contributed by atoms with Crippen LogP contribution in [0.15, 0.2) is 48.5 Å². The third kappa shape index (κ3) is 2.35. The number of rotatable bonds is 2. The number of carbonyl (C=O) groups excluding carboxylic acids is 1. The molecule has 0 aliphatic carbocycles. The van der Waals surface area contributed by atoms with Gasteiger partial charge in [0.25, 0.3) is 5.91 Å². The molecule has 0 atom stereocenters. The Kier molecular flexibility index (Phi) is 3.33. The lowest BCUT2D eigenvalue weighted by Crippen LogP contribution is -2.27. The van der Waals surface area contributed by atoms with Gasteiger partial charge in [0.15, 0.2) is 0 Å². The molecule has 92 valence electrons. The molecule has 1 amide bonds. The van der Waals surface area contributed by atoms with Crippen LogP contribution in [0.2, 0.25) is 0 Å². The zero-order valence-corrected chi connectivity index (χ0v) is 10.6. The van der Waals surface area contributed by atoms with E-state index < -0.39 is 0 Å². The third-order valence-electron chi connectivity index (χ3n) is 2.89. The molecule has 2 N–H and O–H groups in total. The van der Waals surface area contributed by atoms with E-state index in [-0.39, 0.29) is 5.91 Å². The average molecular weight is 240 g/mol. The van der Waals surface area contributed by atoms with Crippen LogP contribution in [0.1, 0.15) is 15.9 Å². The molecule has 3 heteroatoms. The Labute approximate surface area is 107 Å². The van der Waals surface area contributed by atoms with Gasteiger partial charge in [-0.05, 0) is 31.2 Å². The molecule has 0 fully saturated rings. The number of benzene rings is 2. The molecule has 18 heavy (non-hydrogen) atoms. The van der Waals surface area contributed by atoms with Crippen LogP contribution in [0, 0.1) is 6.92 Å². The normalized spacial score (nSPS) is 10.1. The van der Waals surface area contributed by atoms with Gasteiger partial charge in [0.1, 0.15) is 0 Å². The first-order chi connectivity index (χ1) is 8.59. The van der Waals surface area contributed by atoms with E-state index in [9.17, 15) is 4.79 Å². The highest BCUT2D eigenvalue weighted by molar-refractivity contribution is 6.09. The Bertz CT molecular complexity index is 564. The molecule has 3 nitrogen and oxygen atoms in total. The molecule has 0 bridgehead atoms. The van der Waals surface area contributed by atoms with Gasteiger partial charge in [0, 0.05) is 18.4 Å². The van der Waals surface area contributed by atoms with Gasteiger partial charge >= 0.3 is 0 Å². The summed E-state index contributed by atoms with van der Waals surface area (Å²) < 4.78 is 0. The molecule has 2 aromatic rings. The van der Waals surface area contributed by atoms with E-state index >= 15 is 0 Å². The van der Waals surface area contributed by atoms with Gasteiger partial charge in [0.2, 0.25) is 0 Å². The van der Waals surface area contributed by atoms with Crippen LogP contribution in [0.5, 0.6) is 0 Å². The van der Waals surface area contributed by atoms with Crippen molar-refractivity contribution in [2.24, 2.45) is 0 Å². The fourth-order valence-electron chi connectivity index (χ4n) is 1.80. The molecule has 0 aromatic heterocycles. The van der Waals surface area contributed by atoms with E-state index in [4.69, 9.17) is 5.73 Å². The standard InChI is InChI=1S/C15H16N2O/c1-11-8-9-14(16)13(10-11)15(18)17(2)12-6-4-3-5-7-12/h3-10H,16H2,1-2H3. The van der Waals surface area contributed by atoms with E-state index in [0.29, 0.717) is 11.3 Å². The van der Waals surface area contributed by atoms with Crippen molar-refractivity contribution in [3.8, 4) is 0 Å². The van der Waals surface area contributed by atoms with Gasteiger partial charge in [-0.3, -0.25) is 4.79 Å². The quantitative estimate of drug-likeness (QED) is 0.820. The van der Waals surface area contributed by atoms with Crippen LogP contribution in [0.3, 0.4) is 0 Å². The molecule has 0 radical (unpaired) electrons. The molecule has 0 saturated carbocycles. The Morgan fingerprint density at radius 1 is 1.11 bits per heavy atom. The molecule has 2 rings (SSSR count). The maximum atomic E-state index is 12.4. The second-order valence-corrected chi connectivity index (χ2v) is 4.29. The number of aryl methyl sites for hydroxylation is 1. The number of hydrogen-bond acceptors (Lipinski definition) is 2. The van der Waals surface area contributed by atoms with Crippen molar-refractivity contribution < 1.29 is 4.79 Å². The molecule has 2 aromatic carbocycles. The van der Waals surface area contributed by atoms with Crippen molar-refractivity contribution in [2.75, 3.05) is 17.7 Å². The summed E-state index contributed by atoms with van der Waals surface area (Å²) in [4.78, 5) is 14.0. The number of hydrogen-bond donors (Lipinski definition) is 1. The van der Waals surface area contributed by atoms with Crippen molar-refractivity contribution in [1.29, 1.82) is 0 Å². The first-order valence-electron chi connectivity index (χ1n) is 5.79. The van der Waals surface area contributed by atoms with E-state index in [1.807, 2.05) is 49.4 Å². The van der Waals surface area contributed by atoms with E-state index in [0.717, 1.165) is 11.3 Å². The van der Waals surface area contributed by atoms with Crippen LogP contribution in [-0.2, 0) is 0 Å². The maximum absolute atomic E-state index is 12.4. The summed E-state index contributed by atoms with van der Waals surface area (Å²) in [6.45, 7) is 1.94. The van der Waals surface area contributed by atoms with Crippen LogP contribution in [0.4, 0.5) is 11.4 Å². The fourth-order valence-corrected chi connectivity index (χ4v) is 1.80. The van der Waals surface area contributed by atoms with E-state index in [1.54, 1.807) is 18.0 Å². The minimum atomic E-state index is -0.0950. The topological polar surface area (TPSA) is 46.3 Å². The smallest absolute Gasteiger partial charge is 0.260 e. The molecule has 0 aliphatic heterocycles. The summed E-state index contributed by atoms with van der Waals surface area (Å²) in [6, 6.07) is 15.0. The third-order valence-corrected chi connectivity index (χ3v) is 2.89. The summed E-state index contributed by atoms with van der Waals surface area (Å²) >= 11 is 0. The van der Waals surface area contributed by atoms with Gasteiger partial charge in [-0.2, -0.15) is 0 Å². The summed E-state index contributed by atoms with van der Waals surface area (Å²) in [5.41, 5.74) is 8.78. The van der Waals surface area contributed by atoms with Crippen molar-refractivity contribution >= 4 is 17.3 Å². The molecular weight excluding hydrogens is 224 g/mol. The first-order valence-corrected chi connectivity index (χ1v) is 5.79. The number of nitrogens with two attached hydrogens (primary N) is 1. The highest BCUT2D eigenvalue weighted by atomic mass is 16.2. The zero-order chi connectivity index (χ0) is 13.1. The highest BCUT2D eigenvalue weighted by Crippen LogP contribution is 2.19. The number of amides is 1. The van der Waals surface area contributed by atoms with Crippen molar-refractivity contribution in [3.05, 3.63) is 59.7 Å². The van der Waals surface area contributed by atoms with Crippen LogP contribution >= 0.6 is 0 Å². The van der Waals surface area contributed by atoms with Crippen molar-refractivity contribution in [1.82, 2.24) is 0 Å². The SMILES string of the molecule is Cc1ccc(N)c(C(=O)N(C)c2ccccc2)c1. The largest absolute Gasteiger partial charge is 0.398 e. The second-order valence-electron chi connectivity index (χ2n) is 4.29. The van der Waals surface area contributed by atoms with Gasteiger partial charge in [0.05, 0.1) is 5.56 Å². The van der Waals surface area contributed by atoms with Gasteiger partial charge in [-0.25, -0.2) is 0 Å². The second kappa shape index (κ2) is 4.92. The van der Waals surface area contributed by atoms with Crippen LogP contribution < -0.4 is 10.6 Å². The minimum absolute atomic E-state index is 0.0950. The zero-order valence-electron chi connectivity index (χ0n) is 10.6. The van der Waals surface area contributed by atoms with Crippen LogP contribution in [0.25, 0.3) is 0 Å². The minimum Gasteiger partial charge on any atom is -0.398 e. The van der Waals surface area contributed by atoms with E-state index in [2.05, 4.69) is 0 Å². The lowest BCUT2D eigenvalue weighted by Gasteiger charge is -2.18. The monoisotopic (exact) mass is 240 g/mol. The fraction of sp³-hybridized carbons (Fsp3) is 0.133. The number of anilines is 2. The average Bonchev–Trinajstić information content (AvgIpc) is 2.41. The Morgan fingerprint density at radius 3 is 2.44 bits per heavy atom. The summed E-state index contributed by atoms with van der Waals surface area (Å²) in [7, 11) is 1.75. The number of para-hydroxylation sites is 1. The Balaban J connectivity index is 2.34. The van der Waals surface area contributed by atoms with Gasteiger partial charge < -0.3 is 10.6 Å². The molecular formula is C15H16N2O. The molecule has 0 heterocycles. The maximum Gasteiger partial charge on any atom is 0.260 e. The number of nitrogen functional groups attached to an aromatic ring is 1. The lowest BCUT2D eigenvalue weighted by atomic mass is 10.1. The molecule has 0 aliphatic rings. The molecule has 0 unspecified atom stereocenters. The number of carbonyl (C=O) groups is 1. The summed E-state index contributed by atoms with van der Waals surface area (Å²) in [6.07, 6.45) is 0. The predicted molar refractivity (Wildman–Crippen MR) is 74.8 cm³/mol. The Hall–Kier alpha value is -2.29. The van der Waals surface area contributed by atoms with Crippen molar-refractivity contribution in [2.45, 2.75) is 6.92 Å². The summed E-state index contributed by atoms with van der Waals surface area (Å²) in [5, 5.41) is 0. The molecule has 0 saturated heterocycles. The van der Waals surface area contributed by atoms with Gasteiger partial charge in [-0.1, -0.05) is 29.8 Å². The summed E-state index contributed by atoms with van der Waals surface area (Å²) in [5.74, 6) is -0.0950. The van der Waals surface area contributed by atoms with Crippen LogP contribution in [-0.4, -0.2) is 13.0 Å². The lowest BCUT2D eigenvalue weighted by molar-refractivity contribution is 0.0994. The molecule has 0 spiro atoms. The Morgan fingerprint density at radius 2 is 1.78 bits per heavy atom. The predicted octanol–water partition coefficient (Wildman–Crippen LogP) is 2.85. The number of nitrogens with zero attached hydrogens (tertiary/aromatic N) is 1. The van der Waals surface area contributed by atoms with E-state index in [1.165, 1.54) is 0 Å². The first kappa shape index (κ1) is 12.2.